The van der Waals surface area contributed by atoms with Gasteiger partial charge in [0.2, 0.25) is 0 Å². The van der Waals surface area contributed by atoms with Gasteiger partial charge in [0.1, 0.15) is 10.8 Å². The number of carbonyl (C=O) groups excluding carboxylic acids is 2. The Morgan fingerprint density at radius 2 is 1.86 bits per heavy atom. The maximum atomic E-state index is 12.2. The van der Waals surface area contributed by atoms with Gasteiger partial charge >= 0.3 is 5.97 Å². The zero-order valence-corrected chi connectivity index (χ0v) is 16.8. The normalized spacial score (nSPS) is 10.4. The van der Waals surface area contributed by atoms with Crippen LogP contribution in [0.3, 0.4) is 0 Å². The molecule has 1 N–H and O–H groups in total. The molecular formula is C21H20N2O5S. The lowest BCUT2D eigenvalue weighted by Gasteiger charge is -2.12. The van der Waals surface area contributed by atoms with E-state index in [0.717, 1.165) is 5.56 Å². The number of aromatic nitrogens is 1. The molecule has 0 atom stereocenters. The highest BCUT2D eigenvalue weighted by Gasteiger charge is 2.15. The Bertz CT molecular complexity index is 985. The number of anilines is 1. The second-order valence-corrected chi connectivity index (χ2v) is 7.04. The van der Waals surface area contributed by atoms with Gasteiger partial charge in [-0.15, -0.1) is 11.3 Å². The number of hydrogen-bond donors (Lipinski definition) is 1. The van der Waals surface area contributed by atoms with Crippen LogP contribution in [0.1, 0.15) is 21.1 Å². The largest absolute Gasteiger partial charge is 0.455 e. The van der Waals surface area contributed by atoms with Gasteiger partial charge in [0.25, 0.3) is 5.91 Å². The molecule has 1 aromatic heterocycles. The van der Waals surface area contributed by atoms with E-state index in [0.29, 0.717) is 28.8 Å². The molecule has 3 aromatic rings. The van der Waals surface area contributed by atoms with Gasteiger partial charge in [0, 0.05) is 12.5 Å². The number of benzene rings is 2. The van der Waals surface area contributed by atoms with Gasteiger partial charge in [0.15, 0.2) is 18.1 Å². The number of nitrogens with one attached hydrogen (secondary N) is 1. The molecule has 2 aromatic carbocycles. The van der Waals surface area contributed by atoms with E-state index in [9.17, 15) is 9.59 Å². The lowest BCUT2D eigenvalue weighted by Crippen LogP contribution is -2.21. The van der Waals surface area contributed by atoms with Crippen molar-refractivity contribution in [2.24, 2.45) is 0 Å². The Labute approximate surface area is 172 Å². The second kappa shape index (κ2) is 9.81. The highest BCUT2D eigenvalue weighted by Crippen LogP contribution is 2.29. The van der Waals surface area contributed by atoms with Crippen molar-refractivity contribution in [2.75, 3.05) is 19.0 Å². The van der Waals surface area contributed by atoms with Gasteiger partial charge in [-0.3, -0.25) is 4.79 Å². The van der Waals surface area contributed by atoms with Crippen molar-refractivity contribution in [3.8, 4) is 11.5 Å². The van der Waals surface area contributed by atoms with Crippen molar-refractivity contribution in [1.29, 1.82) is 0 Å². The van der Waals surface area contributed by atoms with E-state index in [-0.39, 0.29) is 5.69 Å². The summed E-state index contributed by atoms with van der Waals surface area (Å²) < 4.78 is 15.8. The standard InChI is InChI=1S/C21H20N2O5S/c1-14-7-9-15(10-8-14)28-18-6-4-3-5-16(18)22-19(24)11-27-21(25)17-13-29-20(23-17)12-26-2/h3-10,13H,11-12H2,1-2H3,(H,22,24). The van der Waals surface area contributed by atoms with Crippen LogP contribution in [0, 0.1) is 6.92 Å². The van der Waals surface area contributed by atoms with E-state index in [1.165, 1.54) is 11.3 Å². The summed E-state index contributed by atoms with van der Waals surface area (Å²) in [5.74, 6) is -0.00699. The quantitative estimate of drug-likeness (QED) is 0.559. The minimum Gasteiger partial charge on any atom is -0.455 e. The number of para-hydroxylation sites is 2. The Balaban J connectivity index is 1.57. The van der Waals surface area contributed by atoms with Crippen molar-refractivity contribution in [2.45, 2.75) is 13.5 Å². The van der Waals surface area contributed by atoms with E-state index in [2.05, 4.69) is 10.3 Å². The molecule has 3 rings (SSSR count). The molecule has 0 aliphatic heterocycles. The molecule has 0 aliphatic carbocycles. The molecule has 0 fully saturated rings. The van der Waals surface area contributed by atoms with Gasteiger partial charge in [0.05, 0.1) is 12.3 Å². The van der Waals surface area contributed by atoms with Crippen LogP contribution < -0.4 is 10.1 Å². The summed E-state index contributed by atoms with van der Waals surface area (Å²) in [6, 6.07) is 14.6. The SMILES string of the molecule is COCc1nc(C(=O)OCC(=O)Nc2ccccc2Oc2ccc(C)cc2)cs1. The third-order valence-corrected chi connectivity index (χ3v) is 4.60. The zero-order valence-electron chi connectivity index (χ0n) is 16.0. The number of rotatable bonds is 8. The first-order chi connectivity index (χ1) is 14.0. The topological polar surface area (TPSA) is 86.8 Å². The van der Waals surface area contributed by atoms with Gasteiger partial charge in [-0.05, 0) is 31.2 Å². The smallest absolute Gasteiger partial charge is 0.358 e. The van der Waals surface area contributed by atoms with Crippen LogP contribution >= 0.6 is 11.3 Å². The van der Waals surface area contributed by atoms with Gasteiger partial charge < -0.3 is 19.5 Å². The van der Waals surface area contributed by atoms with E-state index < -0.39 is 18.5 Å². The minimum absolute atomic E-state index is 0.151. The Hall–Kier alpha value is -3.23. The summed E-state index contributed by atoms with van der Waals surface area (Å²) in [5, 5.41) is 4.92. The number of esters is 1. The highest BCUT2D eigenvalue weighted by atomic mass is 32.1. The summed E-state index contributed by atoms with van der Waals surface area (Å²) in [4.78, 5) is 28.4. The number of hydrogen-bond acceptors (Lipinski definition) is 7. The molecule has 0 radical (unpaired) electrons. The van der Waals surface area contributed by atoms with Gasteiger partial charge in [-0.25, -0.2) is 9.78 Å². The van der Waals surface area contributed by atoms with Crippen LogP contribution in [0.2, 0.25) is 0 Å². The fourth-order valence-corrected chi connectivity index (χ4v) is 3.11. The van der Waals surface area contributed by atoms with Crippen LogP contribution in [-0.2, 0) is 20.9 Å². The molecule has 1 amide bonds. The fourth-order valence-electron chi connectivity index (χ4n) is 2.38. The first kappa shape index (κ1) is 20.5. The van der Waals surface area contributed by atoms with Crippen LogP contribution in [-0.4, -0.2) is 30.6 Å². The molecule has 0 bridgehead atoms. The van der Waals surface area contributed by atoms with Gasteiger partial charge in [-0.1, -0.05) is 29.8 Å². The van der Waals surface area contributed by atoms with Crippen LogP contribution in [0.25, 0.3) is 0 Å². The molecule has 1 heterocycles. The van der Waals surface area contributed by atoms with Crippen molar-refractivity contribution in [3.05, 3.63) is 70.2 Å². The monoisotopic (exact) mass is 412 g/mol. The summed E-state index contributed by atoms with van der Waals surface area (Å²) in [5.41, 5.74) is 1.75. The van der Waals surface area contributed by atoms with Crippen LogP contribution in [0.4, 0.5) is 5.69 Å². The Morgan fingerprint density at radius 3 is 2.62 bits per heavy atom. The third-order valence-electron chi connectivity index (χ3n) is 3.77. The first-order valence-corrected chi connectivity index (χ1v) is 9.67. The number of methoxy groups -OCH3 is 1. The third kappa shape index (κ3) is 5.87. The average molecular weight is 412 g/mol. The summed E-state index contributed by atoms with van der Waals surface area (Å²) in [6.07, 6.45) is 0. The number of amides is 1. The van der Waals surface area contributed by atoms with Gasteiger partial charge in [-0.2, -0.15) is 0 Å². The van der Waals surface area contributed by atoms with Crippen molar-refractivity contribution < 1.29 is 23.8 Å². The van der Waals surface area contributed by atoms with E-state index in [4.69, 9.17) is 14.2 Å². The maximum absolute atomic E-state index is 12.2. The van der Waals surface area contributed by atoms with Crippen LogP contribution in [0.15, 0.2) is 53.9 Å². The number of ether oxygens (including phenoxy) is 3. The number of aryl methyl sites for hydroxylation is 1. The lowest BCUT2D eigenvalue weighted by atomic mass is 10.2. The van der Waals surface area contributed by atoms with E-state index >= 15 is 0 Å². The molecule has 0 spiro atoms. The molecule has 29 heavy (non-hydrogen) atoms. The molecule has 0 unspecified atom stereocenters. The Morgan fingerprint density at radius 1 is 1.10 bits per heavy atom. The summed E-state index contributed by atoms with van der Waals surface area (Å²) >= 11 is 1.29. The Kier molecular flexibility index (Phi) is 6.94. The van der Waals surface area contributed by atoms with Crippen molar-refractivity contribution in [3.63, 3.8) is 0 Å². The average Bonchev–Trinajstić information content (AvgIpc) is 3.18. The summed E-state index contributed by atoms with van der Waals surface area (Å²) in [6.45, 7) is 1.87. The minimum atomic E-state index is -0.664. The second-order valence-electron chi connectivity index (χ2n) is 6.10. The summed E-state index contributed by atoms with van der Waals surface area (Å²) in [7, 11) is 1.55. The fraction of sp³-hybridized carbons (Fsp3) is 0.190. The predicted molar refractivity (Wildman–Crippen MR) is 109 cm³/mol. The molecule has 150 valence electrons. The molecule has 8 heteroatoms. The van der Waals surface area contributed by atoms with Crippen molar-refractivity contribution in [1.82, 2.24) is 4.98 Å². The van der Waals surface area contributed by atoms with E-state index in [1.54, 1.807) is 36.8 Å². The lowest BCUT2D eigenvalue weighted by molar-refractivity contribution is -0.119. The van der Waals surface area contributed by atoms with Crippen LogP contribution in [0.5, 0.6) is 11.5 Å². The zero-order chi connectivity index (χ0) is 20.6. The predicted octanol–water partition coefficient (Wildman–Crippen LogP) is 4.19. The number of nitrogens with zero attached hydrogens (tertiary/aromatic N) is 1. The molecule has 0 saturated carbocycles. The molecule has 7 nitrogen and oxygen atoms in total. The first-order valence-electron chi connectivity index (χ1n) is 8.79. The molecular weight excluding hydrogens is 392 g/mol. The number of thiazole rings is 1. The molecule has 0 aliphatic rings. The maximum Gasteiger partial charge on any atom is 0.358 e. The molecule has 0 saturated heterocycles. The number of carbonyl (C=O) groups is 2. The van der Waals surface area contributed by atoms with Crippen molar-refractivity contribution >= 4 is 28.9 Å². The highest BCUT2D eigenvalue weighted by molar-refractivity contribution is 7.09. The van der Waals surface area contributed by atoms with E-state index in [1.807, 2.05) is 31.2 Å².